The molecule has 3 rings (SSSR count). The molecule has 1 aromatic heterocycles. The van der Waals surface area contributed by atoms with Gasteiger partial charge in [0.25, 0.3) is 0 Å². The fraction of sp³-hybridized carbons (Fsp3) is 0.500. The van der Waals surface area contributed by atoms with Crippen LogP contribution in [0.5, 0.6) is 0 Å². The summed E-state index contributed by atoms with van der Waals surface area (Å²) in [5.41, 5.74) is 2.74. The highest BCUT2D eigenvalue weighted by molar-refractivity contribution is 5.83. The number of fused-ring (bicyclic) bond motifs is 1. The van der Waals surface area contributed by atoms with Gasteiger partial charge in [-0.1, -0.05) is 25.1 Å². The van der Waals surface area contributed by atoms with Crippen molar-refractivity contribution in [2.24, 2.45) is 0 Å². The van der Waals surface area contributed by atoms with E-state index in [1.165, 1.54) is 29.3 Å². The van der Waals surface area contributed by atoms with Crippen molar-refractivity contribution in [3.63, 3.8) is 0 Å². The van der Waals surface area contributed by atoms with Gasteiger partial charge in [0.2, 0.25) is 0 Å². The summed E-state index contributed by atoms with van der Waals surface area (Å²) >= 11 is 0. The van der Waals surface area contributed by atoms with Gasteiger partial charge in [-0.2, -0.15) is 0 Å². The van der Waals surface area contributed by atoms with Crippen LogP contribution in [0, 0.1) is 0 Å². The average Bonchev–Trinajstić information content (AvgIpc) is 3.07. The monoisotopic (exact) mass is 258 g/mol. The number of aromatic nitrogens is 1. The lowest BCUT2D eigenvalue weighted by Gasteiger charge is -2.14. The smallest absolute Gasteiger partial charge is 0.0754 e. The first kappa shape index (κ1) is 12.7. The average molecular weight is 258 g/mol. The van der Waals surface area contributed by atoms with Crippen molar-refractivity contribution >= 4 is 10.9 Å². The van der Waals surface area contributed by atoms with Gasteiger partial charge in [-0.25, -0.2) is 0 Å². The van der Waals surface area contributed by atoms with E-state index in [-0.39, 0.29) is 0 Å². The Bertz CT molecular complexity index is 541. The van der Waals surface area contributed by atoms with Gasteiger partial charge in [0.1, 0.15) is 0 Å². The van der Waals surface area contributed by atoms with Crippen LogP contribution < -0.4 is 5.32 Å². The topological polar surface area (TPSA) is 26.2 Å². The van der Waals surface area contributed by atoms with Gasteiger partial charge in [0, 0.05) is 25.9 Å². The molecule has 0 radical (unpaired) electrons. The maximum Gasteiger partial charge on any atom is 0.0754 e. The van der Waals surface area contributed by atoms with Gasteiger partial charge < -0.3 is 14.6 Å². The molecule has 1 aromatic carbocycles. The minimum atomic E-state index is 0.391. The number of ether oxygens (including phenoxy) is 1. The zero-order valence-electron chi connectivity index (χ0n) is 11.6. The Hall–Kier alpha value is -1.32. The molecule has 2 heterocycles. The molecule has 1 aliphatic heterocycles. The van der Waals surface area contributed by atoms with Crippen molar-refractivity contribution < 1.29 is 4.74 Å². The first-order valence-corrected chi connectivity index (χ1v) is 7.27. The Balaban J connectivity index is 1.90. The summed E-state index contributed by atoms with van der Waals surface area (Å²) in [6.45, 7) is 5.98. The molecule has 0 aliphatic carbocycles. The first-order valence-electron chi connectivity index (χ1n) is 7.27. The second-order valence-electron chi connectivity index (χ2n) is 5.24. The lowest BCUT2D eigenvalue weighted by atomic mass is 10.1. The summed E-state index contributed by atoms with van der Waals surface area (Å²) in [4.78, 5) is 0. The predicted octanol–water partition coefficient (Wildman–Crippen LogP) is 2.93. The van der Waals surface area contributed by atoms with E-state index in [2.05, 4.69) is 47.3 Å². The first-order chi connectivity index (χ1) is 9.38. The maximum atomic E-state index is 5.76. The van der Waals surface area contributed by atoms with E-state index >= 15 is 0 Å². The van der Waals surface area contributed by atoms with E-state index in [0.717, 1.165) is 26.2 Å². The van der Waals surface area contributed by atoms with Crippen molar-refractivity contribution in [1.29, 1.82) is 0 Å². The molecular formula is C16H22N2O. The summed E-state index contributed by atoms with van der Waals surface area (Å²) in [6, 6.07) is 8.76. The summed E-state index contributed by atoms with van der Waals surface area (Å²) in [6.07, 6.45) is 4.98. The predicted molar refractivity (Wildman–Crippen MR) is 78.3 cm³/mol. The molecule has 1 fully saturated rings. The third-order valence-corrected chi connectivity index (χ3v) is 3.86. The summed E-state index contributed by atoms with van der Waals surface area (Å²) in [7, 11) is 0. The molecule has 1 N–H and O–H groups in total. The van der Waals surface area contributed by atoms with E-state index in [1.807, 2.05) is 0 Å². The molecule has 3 nitrogen and oxygen atoms in total. The van der Waals surface area contributed by atoms with Gasteiger partial charge in [-0.15, -0.1) is 0 Å². The van der Waals surface area contributed by atoms with E-state index in [1.54, 1.807) is 0 Å². The number of hydrogen-bond donors (Lipinski definition) is 1. The van der Waals surface area contributed by atoms with Crippen molar-refractivity contribution in [2.75, 3.05) is 13.2 Å². The molecule has 19 heavy (non-hydrogen) atoms. The Kier molecular flexibility index (Phi) is 3.85. The van der Waals surface area contributed by atoms with Crippen LogP contribution in [-0.2, 0) is 17.8 Å². The highest BCUT2D eigenvalue weighted by Gasteiger charge is 2.17. The standard InChI is InChI=1S/C16H22N2O/c1-2-17-11-14-6-3-5-13-8-9-18(16(13)14)12-15-7-4-10-19-15/h3,5-6,8-9,15,17H,2,4,7,10-12H2,1H3. The Morgan fingerprint density at radius 2 is 2.32 bits per heavy atom. The molecular weight excluding hydrogens is 236 g/mol. The Morgan fingerprint density at radius 1 is 1.37 bits per heavy atom. The van der Waals surface area contributed by atoms with E-state index < -0.39 is 0 Å². The number of nitrogens with zero attached hydrogens (tertiary/aromatic N) is 1. The molecule has 1 saturated heterocycles. The van der Waals surface area contributed by atoms with Crippen molar-refractivity contribution in [3.8, 4) is 0 Å². The SMILES string of the molecule is CCNCc1cccc2ccn(CC3CCCO3)c12. The van der Waals surface area contributed by atoms with E-state index in [4.69, 9.17) is 4.74 Å². The van der Waals surface area contributed by atoms with Gasteiger partial charge >= 0.3 is 0 Å². The molecule has 1 aliphatic rings. The van der Waals surface area contributed by atoms with Gasteiger partial charge in [0.05, 0.1) is 11.6 Å². The van der Waals surface area contributed by atoms with Gasteiger partial charge in [0.15, 0.2) is 0 Å². The molecule has 0 spiro atoms. The zero-order valence-corrected chi connectivity index (χ0v) is 11.6. The molecule has 0 amide bonds. The molecule has 2 aromatic rings. The molecule has 0 saturated carbocycles. The summed E-state index contributed by atoms with van der Waals surface area (Å²) < 4.78 is 8.12. The summed E-state index contributed by atoms with van der Waals surface area (Å²) in [5, 5.41) is 4.75. The van der Waals surface area contributed by atoms with Crippen LogP contribution >= 0.6 is 0 Å². The fourth-order valence-corrected chi connectivity index (χ4v) is 2.90. The van der Waals surface area contributed by atoms with Gasteiger partial charge in [-0.3, -0.25) is 0 Å². The molecule has 1 unspecified atom stereocenters. The largest absolute Gasteiger partial charge is 0.376 e. The molecule has 0 bridgehead atoms. The van der Waals surface area contributed by atoms with Crippen LogP contribution in [0.15, 0.2) is 30.5 Å². The number of benzene rings is 1. The van der Waals surface area contributed by atoms with Crippen LogP contribution in [0.3, 0.4) is 0 Å². The molecule has 102 valence electrons. The van der Waals surface area contributed by atoms with Crippen LogP contribution in [0.2, 0.25) is 0 Å². The molecule has 3 heteroatoms. The maximum absolute atomic E-state index is 5.76. The number of rotatable bonds is 5. The minimum absolute atomic E-state index is 0.391. The van der Waals surface area contributed by atoms with Crippen LogP contribution in [0.1, 0.15) is 25.3 Å². The van der Waals surface area contributed by atoms with Crippen molar-refractivity contribution in [3.05, 3.63) is 36.0 Å². The van der Waals surface area contributed by atoms with Crippen LogP contribution in [0.25, 0.3) is 10.9 Å². The quantitative estimate of drug-likeness (QED) is 0.892. The lowest BCUT2D eigenvalue weighted by molar-refractivity contribution is 0.0980. The number of nitrogens with one attached hydrogen (secondary N) is 1. The Labute approximate surface area is 114 Å². The van der Waals surface area contributed by atoms with Crippen molar-refractivity contribution in [1.82, 2.24) is 9.88 Å². The third kappa shape index (κ3) is 2.67. The fourth-order valence-electron chi connectivity index (χ4n) is 2.90. The lowest BCUT2D eigenvalue weighted by Crippen LogP contribution is -2.16. The molecule has 1 atom stereocenters. The zero-order chi connectivity index (χ0) is 13.1. The highest BCUT2D eigenvalue weighted by atomic mass is 16.5. The van der Waals surface area contributed by atoms with Crippen LogP contribution in [-0.4, -0.2) is 23.8 Å². The minimum Gasteiger partial charge on any atom is -0.376 e. The number of para-hydroxylation sites is 1. The third-order valence-electron chi connectivity index (χ3n) is 3.86. The van der Waals surface area contributed by atoms with Crippen molar-refractivity contribution in [2.45, 2.75) is 39.0 Å². The highest BCUT2D eigenvalue weighted by Crippen LogP contribution is 2.23. The Morgan fingerprint density at radius 3 is 3.11 bits per heavy atom. The second kappa shape index (κ2) is 5.76. The summed E-state index contributed by atoms with van der Waals surface area (Å²) in [5.74, 6) is 0. The van der Waals surface area contributed by atoms with E-state index in [9.17, 15) is 0 Å². The van der Waals surface area contributed by atoms with E-state index in [0.29, 0.717) is 6.10 Å². The second-order valence-corrected chi connectivity index (χ2v) is 5.24. The van der Waals surface area contributed by atoms with Gasteiger partial charge in [-0.05, 0) is 36.4 Å². The normalized spacial score (nSPS) is 19.3. The van der Waals surface area contributed by atoms with Crippen LogP contribution in [0.4, 0.5) is 0 Å². The number of hydrogen-bond acceptors (Lipinski definition) is 2.